The zero-order chi connectivity index (χ0) is 13.9. The van der Waals surface area contributed by atoms with Gasteiger partial charge in [0.15, 0.2) is 0 Å². The van der Waals surface area contributed by atoms with Crippen molar-refractivity contribution in [3.05, 3.63) is 35.4 Å². The Labute approximate surface area is 116 Å². The molecule has 19 heavy (non-hydrogen) atoms. The van der Waals surface area contributed by atoms with E-state index < -0.39 is 0 Å². The van der Waals surface area contributed by atoms with Crippen molar-refractivity contribution >= 4 is 5.91 Å². The Morgan fingerprint density at radius 2 is 2.00 bits per heavy atom. The Bertz CT molecular complexity index is 450. The molecule has 1 aromatic rings. The molecule has 3 heteroatoms. The topological polar surface area (TPSA) is 32.3 Å². The van der Waals surface area contributed by atoms with Crippen LogP contribution in [-0.4, -0.2) is 38.0 Å². The van der Waals surface area contributed by atoms with Crippen LogP contribution in [0.3, 0.4) is 0 Å². The highest BCUT2D eigenvalue weighted by molar-refractivity contribution is 5.95. The minimum absolute atomic E-state index is 0.0585. The van der Waals surface area contributed by atoms with Crippen LogP contribution in [0.4, 0.5) is 0 Å². The molecule has 0 aromatic heterocycles. The fraction of sp³-hybridized carbons (Fsp3) is 0.562. The number of nitrogens with zero attached hydrogens (tertiary/aromatic N) is 1. The Balaban J connectivity index is 1.95. The Hall–Kier alpha value is -1.35. The minimum Gasteiger partial charge on any atom is -0.351 e. The summed E-state index contributed by atoms with van der Waals surface area (Å²) in [6, 6.07) is 7.75. The normalized spacial score (nSPS) is 17.1. The van der Waals surface area contributed by atoms with Gasteiger partial charge in [-0.2, -0.15) is 0 Å². The van der Waals surface area contributed by atoms with Crippen LogP contribution in [0.1, 0.15) is 35.2 Å². The third kappa shape index (κ3) is 3.35. The molecule has 0 aliphatic heterocycles. The van der Waals surface area contributed by atoms with Gasteiger partial charge in [0, 0.05) is 24.1 Å². The third-order valence-electron chi connectivity index (χ3n) is 4.08. The van der Waals surface area contributed by atoms with Crippen molar-refractivity contribution < 1.29 is 4.79 Å². The first-order valence-electron chi connectivity index (χ1n) is 7.01. The van der Waals surface area contributed by atoms with E-state index in [1.165, 1.54) is 19.3 Å². The summed E-state index contributed by atoms with van der Waals surface area (Å²) in [6.45, 7) is 3.83. The van der Waals surface area contributed by atoms with Gasteiger partial charge in [0.1, 0.15) is 0 Å². The quantitative estimate of drug-likeness (QED) is 0.882. The van der Waals surface area contributed by atoms with Crippen LogP contribution in [0.15, 0.2) is 24.3 Å². The molecule has 0 atom stereocenters. The number of benzene rings is 1. The zero-order valence-corrected chi connectivity index (χ0v) is 12.2. The van der Waals surface area contributed by atoms with Gasteiger partial charge in [0.2, 0.25) is 0 Å². The lowest BCUT2D eigenvalue weighted by molar-refractivity contribution is 0.0740. The Kier molecular flexibility index (Phi) is 4.25. The molecule has 1 N–H and O–H groups in total. The Morgan fingerprint density at radius 1 is 1.32 bits per heavy atom. The van der Waals surface area contributed by atoms with E-state index in [1.54, 1.807) is 0 Å². The first-order valence-corrected chi connectivity index (χ1v) is 7.01. The molecular weight excluding hydrogens is 236 g/mol. The summed E-state index contributed by atoms with van der Waals surface area (Å²) in [7, 11) is 4.20. The number of amides is 1. The van der Waals surface area contributed by atoms with Crippen molar-refractivity contribution in [3.8, 4) is 0 Å². The summed E-state index contributed by atoms with van der Waals surface area (Å²) in [5, 5.41) is 3.12. The van der Waals surface area contributed by atoms with Crippen LogP contribution in [0, 0.1) is 12.3 Å². The van der Waals surface area contributed by atoms with Crippen LogP contribution in [0.25, 0.3) is 0 Å². The van der Waals surface area contributed by atoms with Crippen LogP contribution in [0.5, 0.6) is 0 Å². The lowest BCUT2D eigenvalue weighted by Gasteiger charge is -2.43. The van der Waals surface area contributed by atoms with Crippen LogP contribution in [-0.2, 0) is 0 Å². The van der Waals surface area contributed by atoms with E-state index in [-0.39, 0.29) is 5.91 Å². The summed E-state index contributed by atoms with van der Waals surface area (Å²) in [5.41, 5.74) is 2.12. The van der Waals surface area contributed by atoms with Gasteiger partial charge >= 0.3 is 0 Å². The van der Waals surface area contributed by atoms with E-state index in [9.17, 15) is 4.79 Å². The average molecular weight is 260 g/mol. The summed E-state index contributed by atoms with van der Waals surface area (Å²) < 4.78 is 0. The van der Waals surface area contributed by atoms with Crippen molar-refractivity contribution in [1.29, 1.82) is 0 Å². The van der Waals surface area contributed by atoms with Crippen LogP contribution >= 0.6 is 0 Å². The molecule has 1 aliphatic carbocycles. The largest absolute Gasteiger partial charge is 0.351 e. The number of carbonyl (C=O) groups excluding carboxylic acids is 1. The van der Waals surface area contributed by atoms with Gasteiger partial charge in [-0.1, -0.05) is 24.6 Å². The number of carbonyl (C=O) groups is 1. The van der Waals surface area contributed by atoms with Crippen molar-refractivity contribution in [2.24, 2.45) is 5.41 Å². The van der Waals surface area contributed by atoms with E-state index in [0.29, 0.717) is 5.41 Å². The fourth-order valence-corrected chi connectivity index (χ4v) is 2.93. The predicted octanol–water partition coefficient (Wildman–Crippen LogP) is 2.46. The van der Waals surface area contributed by atoms with E-state index in [0.717, 1.165) is 24.2 Å². The molecular formula is C16H24N2O. The van der Waals surface area contributed by atoms with Gasteiger partial charge < -0.3 is 10.2 Å². The first kappa shape index (κ1) is 14.1. The highest BCUT2D eigenvalue weighted by Gasteiger charge is 2.37. The maximum Gasteiger partial charge on any atom is 0.251 e. The molecule has 0 heterocycles. The molecule has 0 radical (unpaired) electrons. The molecule has 1 saturated carbocycles. The summed E-state index contributed by atoms with van der Waals surface area (Å²) >= 11 is 0. The number of aryl methyl sites for hydroxylation is 1. The van der Waals surface area contributed by atoms with Crippen molar-refractivity contribution in [2.45, 2.75) is 26.2 Å². The predicted molar refractivity (Wildman–Crippen MR) is 78.4 cm³/mol. The smallest absolute Gasteiger partial charge is 0.251 e. The van der Waals surface area contributed by atoms with Gasteiger partial charge in [0.25, 0.3) is 5.91 Å². The molecule has 2 rings (SSSR count). The standard InChI is InChI=1S/C16H24N2O/c1-13-7-4-5-8-14(13)15(19)17-11-16(9-6-10-16)12-18(2)3/h4-5,7-8H,6,9-12H2,1-3H3,(H,17,19). The van der Waals surface area contributed by atoms with Gasteiger partial charge in [-0.25, -0.2) is 0 Å². The second kappa shape index (κ2) is 5.74. The molecule has 0 unspecified atom stereocenters. The molecule has 1 aromatic carbocycles. The average Bonchev–Trinajstić information content (AvgIpc) is 2.32. The van der Waals surface area contributed by atoms with Crippen LogP contribution < -0.4 is 5.32 Å². The van der Waals surface area contributed by atoms with Gasteiger partial charge in [0.05, 0.1) is 0 Å². The van der Waals surface area contributed by atoms with E-state index >= 15 is 0 Å². The maximum atomic E-state index is 12.2. The first-order chi connectivity index (χ1) is 9.02. The zero-order valence-electron chi connectivity index (χ0n) is 12.2. The van der Waals surface area contributed by atoms with Crippen LogP contribution in [0.2, 0.25) is 0 Å². The number of hydrogen-bond acceptors (Lipinski definition) is 2. The minimum atomic E-state index is 0.0585. The van der Waals surface area contributed by atoms with E-state index in [4.69, 9.17) is 0 Å². The second-order valence-electron chi connectivity index (χ2n) is 6.09. The molecule has 3 nitrogen and oxygen atoms in total. The van der Waals surface area contributed by atoms with E-state index in [2.05, 4.69) is 24.3 Å². The second-order valence-corrected chi connectivity index (χ2v) is 6.09. The molecule has 0 bridgehead atoms. The SMILES string of the molecule is Cc1ccccc1C(=O)NCC1(CN(C)C)CCC1. The van der Waals surface area contributed by atoms with Gasteiger partial charge in [-0.3, -0.25) is 4.79 Å². The summed E-state index contributed by atoms with van der Waals surface area (Å²) in [5.74, 6) is 0.0585. The summed E-state index contributed by atoms with van der Waals surface area (Å²) in [6.07, 6.45) is 3.73. The number of nitrogens with one attached hydrogen (secondary N) is 1. The van der Waals surface area contributed by atoms with Crippen molar-refractivity contribution in [2.75, 3.05) is 27.2 Å². The highest BCUT2D eigenvalue weighted by Crippen LogP contribution is 2.40. The summed E-state index contributed by atoms with van der Waals surface area (Å²) in [4.78, 5) is 14.4. The maximum absolute atomic E-state index is 12.2. The van der Waals surface area contributed by atoms with E-state index in [1.807, 2.05) is 31.2 Å². The number of hydrogen-bond donors (Lipinski definition) is 1. The number of rotatable bonds is 5. The lowest BCUT2D eigenvalue weighted by atomic mass is 9.68. The van der Waals surface area contributed by atoms with Gasteiger partial charge in [-0.15, -0.1) is 0 Å². The Morgan fingerprint density at radius 3 is 2.53 bits per heavy atom. The third-order valence-corrected chi connectivity index (χ3v) is 4.08. The molecule has 1 amide bonds. The van der Waals surface area contributed by atoms with Crippen molar-refractivity contribution in [3.63, 3.8) is 0 Å². The fourth-order valence-electron chi connectivity index (χ4n) is 2.93. The molecule has 0 spiro atoms. The molecule has 1 aliphatic rings. The highest BCUT2D eigenvalue weighted by atomic mass is 16.1. The lowest BCUT2D eigenvalue weighted by Crippen LogP contribution is -2.48. The molecule has 1 fully saturated rings. The van der Waals surface area contributed by atoms with Crippen molar-refractivity contribution in [1.82, 2.24) is 10.2 Å². The molecule has 104 valence electrons. The molecule has 0 saturated heterocycles. The monoisotopic (exact) mass is 260 g/mol. The van der Waals surface area contributed by atoms with Gasteiger partial charge in [-0.05, 0) is 45.5 Å².